The number of carbonyl (C=O) groups is 2. The maximum Gasteiger partial charge on any atom is 0.403 e. The fourth-order valence-corrected chi connectivity index (χ4v) is 6.98. The fourth-order valence-electron chi connectivity index (χ4n) is 6.98. The summed E-state index contributed by atoms with van der Waals surface area (Å²) in [4.78, 5) is 42.1. The monoisotopic (exact) mass is 616 g/mol. The Morgan fingerprint density at radius 2 is 1.84 bits per heavy atom. The number of ether oxygens (including phenoxy) is 1. The number of aromatic nitrogens is 2. The van der Waals surface area contributed by atoms with Crippen molar-refractivity contribution in [2.45, 2.75) is 77.1 Å². The van der Waals surface area contributed by atoms with E-state index in [9.17, 15) is 22.8 Å². The molecule has 1 saturated carbocycles. The van der Waals surface area contributed by atoms with Gasteiger partial charge in [0.05, 0.1) is 23.6 Å². The van der Waals surface area contributed by atoms with Gasteiger partial charge in [0.2, 0.25) is 11.8 Å². The van der Waals surface area contributed by atoms with Gasteiger partial charge in [0.15, 0.2) is 5.69 Å². The minimum Gasteiger partial charge on any atom is -0.477 e. The standard InChI is InChI=1S/C32H43F3N6O3/c1-4-22-21-40(30(43)31(32(33,34)35)14-6-7-15-31)18-19-41(22)26-13-12-25(24-11-8-16-36-29(24)44-5-2)38-27(26)28(42)37-20-23-10-9-17-39(23)3/h8,11-13,16,22-23H,4-7,9-10,14-15,17-21H2,1-3H3,(H,37,42)/t22-,23-/m1/s1. The Labute approximate surface area is 257 Å². The summed E-state index contributed by atoms with van der Waals surface area (Å²) in [6.45, 7) is 6.28. The highest BCUT2D eigenvalue weighted by molar-refractivity contribution is 5.98. The smallest absolute Gasteiger partial charge is 0.403 e. The molecule has 2 saturated heterocycles. The van der Waals surface area contributed by atoms with E-state index in [0.29, 0.717) is 61.8 Å². The first-order valence-electron chi connectivity index (χ1n) is 15.8. The molecule has 1 N–H and O–H groups in total. The van der Waals surface area contributed by atoms with Crippen molar-refractivity contribution < 1.29 is 27.5 Å². The van der Waals surface area contributed by atoms with E-state index in [1.165, 1.54) is 4.90 Å². The highest BCUT2D eigenvalue weighted by Crippen LogP contribution is 2.52. The summed E-state index contributed by atoms with van der Waals surface area (Å²) in [5.41, 5.74) is -0.282. The lowest BCUT2D eigenvalue weighted by Gasteiger charge is -2.45. The minimum absolute atomic E-state index is 0.139. The van der Waals surface area contributed by atoms with Crippen LogP contribution in [0.15, 0.2) is 30.5 Å². The van der Waals surface area contributed by atoms with Crippen LogP contribution in [0.4, 0.5) is 18.9 Å². The average Bonchev–Trinajstić information content (AvgIpc) is 3.69. The molecule has 5 rings (SSSR count). The number of carbonyl (C=O) groups excluding carboxylic acids is 2. The average molecular weight is 617 g/mol. The number of hydrogen-bond acceptors (Lipinski definition) is 7. The predicted molar refractivity (Wildman–Crippen MR) is 162 cm³/mol. The lowest BCUT2D eigenvalue weighted by molar-refractivity contribution is -0.226. The van der Waals surface area contributed by atoms with Gasteiger partial charge in [0.25, 0.3) is 5.91 Å². The van der Waals surface area contributed by atoms with Gasteiger partial charge in [-0.1, -0.05) is 19.8 Å². The van der Waals surface area contributed by atoms with Crippen LogP contribution in [-0.4, -0.2) is 96.2 Å². The zero-order valence-corrected chi connectivity index (χ0v) is 25.8. The third-order valence-corrected chi connectivity index (χ3v) is 9.55. The van der Waals surface area contributed by atoms with Crippen molar-refractivity contribution in [3.8, 4) is 17.1 Å². The Morgan fingerprint density at radius 3 is 2.50 bits per heavy atom. The summed E-state index contributed by atoms with van der Waals surface area (Å²) in [5, 5.41) is 3.08. The third-order valence-electron chi connectivity index (χ3n) is 9.55. The quantitative estimate of drug-likeness (QED) is 0.428. The van der Waals surface area contributed by atoms with Gasteiger partial charge in [0, 0.05) is 44.5 Å². The molecule has 0 unspecified atom stereocenters. The molecule has 0 bridgehead atoms. The predicted octanol–water partition coefficient (Wildman–Crippen LogP) is 4.92. The molecule has 240 valence electrons. The number of likely N-dealkylation sites (N-methyl/N-ethyl adjacent to an activating group) is 1. The normalized spacial score (nSPS) is 22.3. The van der Waals surface area contributed by atoms with Crippen molar-refractivity contribution in [1.29, 1.82) is 0 Å². The Hall–Kier alpha value is -3.41. The first-order chi connectivity index (χ1) is 21.1. The van der Waals surface area contributed by atoms with Crippen molar-refractivity contribution in [3.63, 3.8) is 0 Å². The van der Waals surface area contributed by atoms with Gasteiger partial charge in [-0.15, -0.1) is 0 Å². The maximum atomic E-state index is 14.2. The Bertz CT molecular complexity index is 1330. The molecular weight excluding hydrogens is 573 g/mol. The van der Waals surface area contributed by atoms with Crippen LogP contribution >= 0.6 is 0 Å². The molecule has 2 aliphatic heterocycles. The molecular formula is C32H43F3N6O3. The fraction of sp³-hybridized carbons (Fsp3) is 0.625. The maximum absolute atomic E-state index is 14.2. The number of nitrogens with zero attached hydrogens (tertiary/aromatic N) is 5. The number of nitrogens with one attached hydrogen (secondary N) is 1. The summed E-state index contributed by atoms with van der Waals surface area (Å²) in [7, 11) is 2.05. The zero-order chi connectivity index (χ0) is 31.5. The topological polar surface area (TPSA) is 90.9 Å². The molecule has 1 aliphatic carbocycles. The molecule has 2 atom stereocenters. The van der Waals surface area contributed by atoms with Gasteiger partial charge in [-0.05, 0) is 76.9 Å². The molecule has 2 amide bonds. The number of pyridine rings is 2. The Kier molecular flexibility index (Phi) is 9.67. The second-order valence-electron chi connectivity index (χ2n) is 12.1. The van der Waals surface area contributed by atoms with Gasteiger partial charge in [-0.3, -0.25) is 9.59 Å². The summed E-state index contributed by atoms with van der Waals surface area (Å²) in [6.07, 6.45) is 0.198. The van der Waals surface area contributed by atoms with E-state index in [2.05, 4.69) is 15.2 Å². The number of hydrogen-bond donors (Lipinski definition) is 1. The number of anilines is 1. The highest BCUT2D eigenvalue weighted by Gasteiger charge is 2.62. The van der Waals surface area contributed by atoms with Crippen LogP contribution in [0.2, 0.25) is 0 Å². The molecule has 0 radical (unpaired) electrons. The van der Waals surface area contributed by atoms with Gasteiger partial charge in [-0.25, -0.2) is 9.97 Å². The SMILES string of the molecule is CCOc1ncccc1-c1ccc(N2CCN(C(=O)C3(C(F)(F)F)CCCC3)C[C@H]2CC)c(C(=O)NC[C@H]2CCCN2C)n1. The number of amides is 2. The van der Waals surface area contributed by atoms with Crippen LogP contribution in [0.1, 0.15) is 69.3 Å². The Morgan fingerprint density at radius 1 is 1.07 bits per heavy atom. The van der Waals surface area contributed by atoms with Crippen LogP contribution in [0.5, 0.6) is 5.88 Å². The minimum atomic E-state index is -4.58. The van der Waals surface area contributed by atoms with Gasteiger partial charge in [-0.2, -0.15) is 13.2 Å². The third kappa shape index (κ3) is 6.23. The second kappa shape index (κ2) is 13.3. The van der Waals surface area contributed by atoms with Crippen molar-refractivity contribution in [2.75, 3.05) is 51.3 Å². The second-order valence-corrected chi connectivity index (χ2v) is 12.1. The number of piperazine rings is 1. The molecule has 9 nitrogen and oxygen atoms in total. The van der Waals surface area contributed by atoms with Crippen LogP contribution in [0, 0.1) is 5.41 Å². The molecule has 0 spiro atoms. The largest absolute Gasteiger partial charge is 0.477 e. The van der Waals surface area contributed by atoms with E-state index >= 15 is 0 Å². The van der Waals surface area contributed by atoms with Crippen LogP contribution in [-0.2, 0) is 4.79 Å². The summed E-state index contributed by atoms with van der Waals surface area (Å²) >= 11 is 0. The van der Waals surface area contributed by atoms with Crippen molar-refractivity contribution in [1.82, 2.24) is 25.1 Å². The molecule has 3 fully saturated rings. The lowest BCUT2D eigenvalue weighted by Crippen LogP contribution is -2.60. The van der Waals surface area contributed by atoms with E-state index in [1.807, 2.05) is 44.0 Å². The number of rotatable bonds is 9. The molecule has 12 heteroatoms. The first-order valence-corrected chi connectivity index (χ1v) is 15.8. The Balaban J connectivity index is 1.45. The summed E-state index contributed by atoms with van der Waals surface area (Å²) < 4.78 is 48.4. The molecule has 0 aromatic carbocycles. The molecule has 44 heavy (non-hydrogen) atoms. The lowest BCUT2D eigenvalue weighted by atomic mass is 9.83. The van der Waals surface area contributed by atoms with Crippen LogP contribution in [0.3, 0.4) is 0 Å². The van der Waals surface area contributed by atoms with Gasteiger partial charge < -0.3 is 24.8 Å². The first kappa shape index (κ1) is 32.0. The van der Waals surface area contributed by atoms with Crippen LogP contribution < -0.4 is 15.0 Å². The van der Waals surface area contributed by atoms with Gasteiger partial charge >= 0.3 is 6.18 Å². The van der Waals surface area contributed by atoms with E-state index in [0.717, 1.165) is 19.4 Å². The molecule has 3 aliphatic rings. The van der Waals surface area contributed by atoms with E-state index in [-0.39, 0.29) is 49.6 Å². The summed E-state index contributed by atoms with van der Waals surface area (Å²) in [6, 6.07) is 7.24. The number of alkyl halides is 3. The molecule has 2 aromatic rings. The van der Waals surface area contributed by atoms with E-state index in [4.69, 9.17) is 9.72 Å². The molecule has 2 aromatic heterocycles. The van der Waals surface area contributed by atoms with Crippen molar-refractivity contribution in [2.24, 2.45) is 5.41 Å². The molecule has 4 heterocycles. The number of halogens is 3. The number of likely N-dealkylation sites (tertiary alicyclic amines) is 1. The van der Waals surface area contributed by atoms with Gasteiger partial charge in [0.1, 0.15) is 5.41 Å². The van der Waals surface area contributed by atoms with Crippen molar-refractivity contribution >= 4 is 17.5 Å². The van der Waals surface area contributed by atoms with Crippen LogP contribution in [0.25, 0.3) is 11.3 Å². The van der Waals surface area contributed by atoms with Crippen molar-refractivity contribution in [3.05, 3.63) is 36.2 Å². The zero-order valence-electron chi connectivity index (χ0n) is 25.8. The van der Waals surface area contributed by atoms with E-state index in [1.54, 1.807) is 12.3 Å². The van der Waals surface area contributed by atoms with E-state index < -0.39 is 17.5 Å². The highest BCUT2D eigenvalue weighted by atomic mass is 19.4. The summed E-state index contributed by atoms with van der Waals surface area (Å²) in [5.74, 6) is -0.717.